The van der Waals surface area contributed by atoms with E-state index in [0.717, 1.165) is 17.7 Å². The lowest BCUT2D eigenvalue weighted by molar-refractivity contribution is -0.384. The largest absolute Gasteiger partial charge is 0.378 e. The Hall–Kier alpha value is -4.31. The third-order valence-corrected chi connectivity index (χ3v) is 6.34. The summed E-state index contributed by atoms with van der Waals surface area (Å²) < 4.78 is 5.42. The number of benzene rings is 3. The van der Waals surface area contributed by atoms with Crippen LogP contribution in [0.25, 0.3) is 16.7 Å². The Kier molecular flexibility index (Phi) is 6.34. The highest BCUT2D eigenvalue weighted by Crippen LogP contribution is 2.29. The fourth-order valence-electron chi connectivity index (χ4n) is 4.27. The molecule has 1 aromatic heterocycles. The standard InChI is InChI=1S/C26H26N6O4/c1-3-18-4-6-19(7-5-18)31-28-23-14-17(2)22(16-24(23)29-31)27-26(33)21-15-20(32(34)35)8-9-25(21)30-10-12-36-13-11-30/h4-9,14-16H,3,10-13H2,1-2H3,(H,27,33). The highest BCUT2D eigenvalue weighted by molar-refractivity contribution is 6.09. The summed E-state index contributed by atoms with van der Waals surface area (Å²) in [5, 5.41) is 23.5. The highest BCUT2D eigenvalue weighted by Gasteiger charge is 2.23. The van der Waals surface area contributed by atoms with Crippen LogP contribution >= 0.6 is 0 Å². The van der Waals surface area contributed by atoms with Gasteiger partial charge in [-0.25, -0.2) is 0 Å². The molecule has 0 aliphatic carbocycles. The lowest BCUT2D eigenvalue weighted by atomic mass is 10.1. The Morgan fingerprint density at radius 3 is 2.42 bits per heavy atom. The van der Waals surface area contributed by atoms with Crippen molar-refractivity contribution in [2.75, 3.05) is 36.5 Å². The number of non-ortho nitro benzene ring substituents is 1. The zero-order valence-electron chi connectivity index (χ0n) is 20.1. The van der Waals surface area contributed by atoms with Crippen molar-refractivity contribution in [2.24, 2.45) is 0 Å². The quantitative estimate of drug-likeness (QED) is 0.319. The lowest BCUT2D eigenvalue weighted by Crippen LogP contribution is -2.37. The van der Waals surface area contributed by atoms with Crippen molar-refractivity contribution in [2.45, 2.75) is 20.3 Å². The van der Waals surface area contributed by atoms with E-state index in [1.54, 1.807) is 16.9 Å². The number of aryl methyl sites for hydroxylation is 2. The van der Waals surface area contributed by atoms with Gasteiger partial charge >= 0.3 is 0 Å². The van der Waals surface area contributed by atoms with Crippen LogP contribution in [0, 0.1) is 17.0 Å². The van der Waals surface area contributed by atoms with Crippen LogP contribution in [0.5, 0.6) is 0 Å². The minimum atomic E-state index is -0.497. The molecule has 184 valence electrons. The number of morpholine rings is 1. The average Bonchev–Trinajstić information content (AvgIpc) is 3.31. The molecule has 0 unspecified atom stereocenters. The maximum atomic E-state index is 13.4. The van der Waals surface area contributed by atoms with Gasteiger partial charge in [-0.2, -0.15) is 4.80 Å². The second-order valence-electron chi connectivity index (χ2n) is 8.68. The SMILES string of the molecule is CCc1ccc(-n2nc3cc(C)c(NC(=O)c4cc([N+](=O)[O-])ccc4N4CCOCC4)cc3n2)cc1. The molecule has 1 saturated heterocycles. The van der Waals surface area contributed by atoms with Crippen LogP contribution in [0.4, 0.5) is 17.1 Å². The van der Waals surface area contributed by atoms with Crippen LogP contribution in [0.2, 0.25) is 0 Å². The van der Waals surface area contributed by atoms with Gasteiger partial charge in [0.1, 0.15) is 11.0 Å². The maximum absolute atomic E-state index is 13.4. The number of nitrogens with zero attached hydrogens (tertiary/aromatic N) is 5. The molecule has 1 N–H and O–H groups in total. The molecule has 0 atom stereocenters. The van der Waals surface area contributed by atoms with E-state index in [9.17, 15) is 14.9 Å². The molecule has 1 fully saturated rings. The summed E-state index contributed by atoms with van der Waals surface area (Å²) in [5.41, 5.74) is 5.53. The van der Waals surface area contributed by atoms with E-state index in [1.165, 1.54) is 17.7 Å². The zero-order valence-corrected chi connectivity index (χ0v) is 20.1. The number of nitrogens with one attached hydrogen (secondary N) is 1. The fraction of sp³-hybridized carbons (Fsp3) is 0.269. The van der Waals surface area contributed by atoms with Gasteiger partial charge < -0.3 is 15.0 Å². The number of carbonyl (C=O) groups excluding carboxylic acids is 1. The summed E-state index contributed by atoms with van der Waals surface area (Å²) in [4.78, 5) is 27.9. The van der Waals surface area contributed by atoms with Crippen LogP contribution < -0.4 is 10.2 Å². The summed E-state index contributed by atoms with van der Waals surface area (Å²) in [6, 6.07) is 16.1. The van der Waals surface area contributed by atoms with Crippen molar-refractivity contribution in [1.29, 1.82) is 0 Å². The van der Waals surface area contributed by atoms with E-state index in [2.05, 4.69) is 22.4 Å². The Balaban J connectivity index is 1.46. The summed E-state index contributed by atoms with van der Waals surface area (Å²) in [6.07, 6.45) is 0.953. The molecule has 3 aromatic carbocycles. The molecule has 2 heterocycles. The molecule has 10 heteroatoms. The van der Waals surface area contributed by atoms with Crippen LogP contribution in [0.15, 0.2) is 54.6 Å². The van der Waals surface area contributed by atoms with Crippen molar-refractivity contribution in [3.8, 4) is 5.69 Å². The number of anilines is 2. The molecule has 10 nitrogen and oxygen atoms in total. The van der Waals surface area contributed by atoms with Crippen LogP contribution in [-0.4, -0.2) is 52.1 Å². The van der Waals surface area contributed by atoms with Crippen LogP contribution in [-0.2, 0) is 11.2 Å². The van der Waals surface area contributed by atoms with Gasteiger partial charge in [0.15, 0.2) is 0 Å². The van der Waals surface area contributed by atoms with E-state index in [1.807, 2.05) is 42.2 Å². The molecular weight excluding hydrogens is 460 g/mol. The van der Waals surface area contributed by atoms with Gasteiger partial charge in [0.2, 0.25) is 0 Å². The van der Waals surface area contributed by atoms with Gasteiger partial charge in [0.05, 0.1) is 35.1 Å². The van der Waals surface area contributed by atoms with E-state index in [4.69, 9.17) is 4.74 Å². The lowest BCUT2D eigenvalue weighted by Gasteiger charge is -2.30. The number of nitro groups is 1. The molecule has 36 heavy (non-hydrogen) atoms. The fourth-order valence-corrected chi connectivity index (χ4v) is 4.27. The summed E-state index contributed by atoms with van der Waals surface area (Å²) >= 11 is 0. The first-order valence-electron chi connectivity index (χ1n) is 11.8. The first-order valence-corrected chi connectivity index (χ1v) is 11.8. The summed E-state index contributed by atoms with van der Waals surface area (Å²) in [5.74, 6) is -0.426. The number of ether oxygens (including phenoxy) is 1. The van der Waals surface area contributed by atoms with Crippen molar-refractivity contribution in [3.05, 3.63) is 81.4 Å². The first-order chi connectivity index (χ1) is 17.4. The number of hydrogen-bond donors (Lipinski definition) is 1. The third kappa shape index (κ3) is 4.63. The molecule has 1 aliphatic heterocycles. The van der Waals surface area contributed by atoms with E-state index in [-0.39, 0.29) is 11.3 Å². The number of rotatable bonds is 6. The Morgan fingerprint density at radius 1 is 1.06 bits per heavy atom. The molecule has 0 radical (unpaired) electrons. The number of amides is 1. The van der Waals surface area contributed by atoms with Crippen molar-refractivity contribution in [3.63, 3.8) is 0 Å². The van der Waals surface area contributed by atoms with Gasteiger partial charge in [0.25, 0.3) is 11.6 Å². The number of hydrogen-bond acceptors (Lipinski definition) is 7. The van der Waals surface area contributed by atoms with E-state index >= 15 is 0 Å². The van der Waals surface area contributed by atoms with Gasteiger partial charge in [0, 0.05) is 30.9 Å². The van der Waals surface area contributed by atoms with Crippen molar-refractivity contribution < 1.29 is 14.5 Å². The second kappa shape index (κ2) is 9.74. The summed E-state index contributed by atoms with van der Waals surface area (Å²) in [6.45, 7) is 6.25. The Morgan fingerprint density at radius 2 is 1.75 bits per heavy atom. The van der Waals surface area contributed by atoms with Gasteiger partial charge in [-0.1, -0.05) is 19.1 Å². The number of carbonyl (C=O) groups is 1. The van der Waals surface area contributed by atoms with Crippen molar-refractivity contribution >= 4 is 34.0 Å². The molecule has 0 spiro atoms. The first kappa shape index (κ1) is 23.4. The molecule has 1 amide bonds. The number of fused-ring (bicyclic) bond motifs is 1. The van der Waals surface area contributed by atoms with E-state index < -0.39 is 10.8 Å². The van der Waals surface area contributed by atoms with E-state index in [0.29, 0.717) is 48.7 Å². The second-order valence-corrected chi connectivity index (χ2v) is 8.68. The molecule has 5 rings (SSSR count). The zero-order chi connectivity index (χ0) is 25.2. The third-order valence-electron chi connectivity index (χ3n) is 6.34. The van der Waals surface area contributed by atoms with Crippen LogP contribution in [0.3, 0.4) is 0 Å². The molecule has 1 aliphatic rings. The Labute approximate surface area is 207 Å². The normalized spacial score (nSPS) is 13.7. The molecular formula is C26H26N6O4. The summed E-state index contributed by atoms with van der Waals surface area (Å²) in [7, 11) is 0. The topological polar surface area (TPSA) is 115 Å². The molecule has 4 aromatic rings. The highest BCUT2D eigenvalue weighted by atomic mass is 16.6. The van der Waals surface area contributed by atoms with Crippen molar-refractivity contribution in [1.82, 2.24) is 15.0 Å². The monoisotopic (exact) mass is 486 g/mol. The smallest absolute Gasteiger partial charge is 0.270 e. The van der Waals surface area contributed by atoms with Gasteiger partial charge in [-0.3, -0.25) is 14.9 Å². The Bertz CT molecular complexity index is 1440. The predicted molar refractivity (Wildman–Crippen MR) is 137 cm³/mol. The number of aromatic nitrogens is 3. The predicted octanol–water partition coefficient (Wildman–Crippen LogP) is 4.29. The maximum Gasteiger partial charge on any atom is 0.270 e. The number of nitro benzene ring substituents is 1. The van der Waals surface area contributed by atoms with Crippen LogP contribution in [0.1, 0.15) is 28.4 Å². The molecule has 0 bridgehead atoms. The average molecular weight is 487 g/mol. The minimum Gasteiger partial charge on any atom is -0.378 e. The van der Waals surface area contributed by atoms with Gasteiger partial charge in [-0.15, -0.1) is 10.2 Å². The minimum absolute atomic E-state index is 0.138. The van der Waals surface area contributed by atoms with Gasteiger partial charge in [-0.05, 0) is 54.8 Å². The molecule has 0 saturated carbocycles.